The third-order valence-corrected chi connectivity index (χ3v) is 5.00. The Morgan fingerprint density at radius 2 is 2.00 bits per heavy atom. The number of halogens is 1. The van der Waals surface area contributed by atoms with Gasteiger partial charge in [0, 0.05) is 18.4 Å². The minimum Gasteiger partial charge on any atom is -0.374 e. The molecule has 3 unspecified atom stereocenters. The van der Waals surface area contributed by atoms with Gasteiger partial charge in [-0.15, -0.1) is 0 Å². The molecule has 2 fully saturated rings. The minimum atomic E-state index is -0.0133. The molecule has 1 N–H and O–H groups in total. The summed E-state index contributed by atoms with van der Waals surface area (Å²) < 4.78 is 6.93. The van der Waals surface area contributed by atoms with E-state index in [9.17, 15) is 0 Å². The number of nitrogens with zero attached hydrogens (tertiary/aromatic N) is 2. The van der Waals surface area contributed by atoms with Crippen LogP contribution in [0.1, 0.15) is 57.5 Å². The Morgan fingerprint density at radius 1 is 1.25 bits per heavy atom. The van der Waals surface area contributed by atoms with Crippen LogP contribution in [-0.2, 0) is 10.2 Å². The fraction of sp³-hybridized carbons (Fsp3) is 0.733. The van der Waals surface area contributed by atoms with Crippen molar-refractivity contribution < 1.29 is 4.74 Å². The number of hydrogen-bond acceptors (Lipinski definition) is 4. The molecule has 5 heteroatoms. The van der Waals surface area contributed by atoms with Crippen molar-refractivity contribution in [1.82, 2.24) is 9.97 Å². The maximum atomic E-state index is 5.96. The van der Waals surface area contributed by atoms with E-state index in [2.05, 4.69) is 42.0 Å². The third-order valence-electron chi connectivity index (χ3n) is 4.25. The smallest absolute Gasteiger partial charge is 0.144 e. The number of ether oxygens (including phenoxy) is 1. The van der Waals surface area contributed by atoms with E-state index in [1.165, 1.54) is 6.42 Å². The van der Waals surface area contributed by atoms with Crippen LogP contribution in [0.2, 0.25) is 0 Å². The molecule has 2 aliphatic heterocycles. The minimum absolute atomic E-state index is 0.0133. The molecule has 0 radical (unpaired) electrons. The van der Waals surface area contributed by atoms with Gasteiger partial charge in [0.25, 0.3) is 0 Å². The van der Waals surface area contributed by atoms with Gasteiger partial charge in [0.2, 0.25) is 0 Å². The summed E-state index contributed by atoms with van der Waals surface area (Å²) in [6, 6.07) is 0. The molecule has 3 atom stereocenters. The summed E-state index contributed by atoms with van der Waals surface area (Å²) in [7, 11) is 1.90. The van der Waals surface area contributed by atoms with Gasteiger partial charge in [0.1, 0.15) is 11.6 Å². The van der Waals surface area contributed by atoms with Crippen molar-refractivity contribution in [1.29, 1.82) is 0 Å². The summed E-state index contributed by atoms with van der Waals surface area (Å²) in [6.07, 6.45) is 4.16. The van der Waals surface area contributed by atoms with E-state index in [1.807, 2.05) is 7.05 Å². The molecule has 0 aromatic carbocycles. The highest BCUT2D eigenvalue weighted by Gasteiger charge is 2.43. The summed E-state index contributed by atoms with van der Waals surface area (Å²) in [5.74, 6) is 2.17. The van der Waals surface area contributed by atoms with E-state index < -0.39 is 0 Å². The Hall–Kier alpha value is -0.680. The second-order valence-electron chi connectivity index (χ2n) is 6.81. The van der Waals surface area contributed by atoms with Crippen molar-refractivity contribution in [2.45, 2.75) is 63.6 Å². The Balaban J connectivity index is 2.03. The third kappa shape index (κ3) is 2.35. The second-order valence-corrected chi connectivity index (χ2v) is 7.60. The van der Waals surface area contributed by atoms with E-state index >= 15 is 0 Å². The second kappa shape index (κ2) is 4.95. The van der Waals surface area contributed by atoms with Crippen LogP contribution in [0.15, 0.2) is 4.47 Å². The van der Waals surface area contributed by atoms with Crippen molar-refractivity contribution in [3.63, 3.8) is 0 Å². The Labute approximate surface area is 128 Å². The van der Waals surface area contributed by atoms with E-state index in [1.54, 1.807) is 0 Å². The summed E-state index contributed by atoms with van der Waals surface area (Å²) in [5, 5.41) is 3.18. The van der Waals surface area contributed by atoms with Gasteiger partial charge in [0.05, 0.1) is 22.4 Å². The standard InChI is InChI=1S/C15H22BrN3O/c1-15(2,3)12-11(16)14(17-4)19-13(18-12)9-7-8-5-6-10(9)20-8/h8-10H,5-7H2,1-4H3,(H,17,18,19). The molecule has 0 amide bonds. The molecule has 1 aromatic heterocycles. The average Bonchev–Trinajstić information content (AvgIpc) is 3.00. The highest BCUT2D eigenvalue weighted by atomic mass is 79.9. The topological polar surface area (TPSA) is 47.0 Å². The molecule has 1 aromatic rings. The van der Waals surface area contributed by atoms with Crippen LogP contribution in [0.3, 0.4) is 0 Å². The predicted octanol–water partition coefficient (Wildman–Crippen LogP) is 3.61. The van der Waals surface area contributed by atoms with Crippen molar-refractivity contribution in [3.8, 4) is 0 Å². The summed E-state index contributed by atoms with van der Waals surface area (Å²) in [6.45, 7) is 6.54. The van der Waals surface area contributed by atoms with E-state index in [0.717, 1.165) is 34.7 Å². The number of rotatable bonds is 2. The SMILES string of the molecule is CNc1nc(C2CC3CCC2O3)nc(C(C)(C)C)c1Br. The highest BCUT2D eigenvalue weighted by Crippen LogP contribution is 2.44. The lowest BCUT2D eigenvalue weighted by atomic mass is 9.87. The first-order chi connectivity index (χ1) is 9.40. The van der Waals surface area contributed by atoms with Crippen molar-refractivity contribution in [2.24, 2.45) is 0 Å². The van der Waals surface area contributed by atoms with Gasteiger partial charge >= 0.3 is 0 Å². The van der Waals surface area contributed by atoms with E-state index in [4.69, 9.17) is 14.7 Å². The van der Waals surface area contributed by atoms with Gasteiger partial charge in [-0.3, -0.25) is 0 Å². The van der Waals surface area contributed by atoms with Crippen LogP contribution in [0, 0.1) is 0 Å². The van der Waals surface area contributed by atoms with Gasteiger partial charge in [-0.05, 0) is 35.2 Å². The number of hydrogen-bond donors (Lipinski definition) is 1. The molecule has 110 valence electrons. The zero-order chi connectivity index (χ0) is 14.5. The van der Waals surface area contributed by atoms with Crippen molar-refractivity contribution >= 4 is 21.7 Å². The quantitative estimate of drug-likeness (QED) is 0.893. The van der Waals surface area contributed by atoms with Crippen LogP contribution in [-0.4, -0.2) is 29.2 Å². The molecule has 2 bridgehead atoms. The molecule has 2 aliphatic rings. The predicted molar refractivity (Wildman–Crippen MR) is 83.2 cm³/mol. The first-order valence-electron chi connectivity index (χ1n) is 7.31. The zero-order valence-corrected chi connectivity index (χ0v) is 14.1. The lowest BCUT2D eigenvalue weighted by Crippen LogP contribution is -2.22. The lowest BCUT2D eigenvalue weighted by Gasteiger charge is -2.24. The zero-order valence-electron chi connectivity index (χ0n) is 12.5. The summed E-state index contributed by atoms with van der Waals surface area (Å²) in [4.78, 5) is 9.59. The Kier molecular flexibility index (Phi) is 3.53. The highest BCUT2D eigenvalue weighted by molar-refractivity contribution is 9.10. The van der Waals surface area contributed by atoms with Gasteiger partial charge in [-0.25, -0.2) is 9.97 Å². The normalized spacial score (nSPS) is 28.9. The van der Waals surface area contributed by atoms with E-state index in [-0.39, 0.29) is 5.41 Å². The van der Waals surface area contributed by atoms with Gasteiger partial charge in [-0.2, -0.15) is 0 Å². The maximum absolute atomic E-state index is 5.96. The Bertz CT molecular complexity index is 527. The van der Waals surface area contributed by atoms with Crippen LogP contribution in [0.5, 0.6) is 0 Å². The molecular formula is C15H22BrN3O. The maximum Gasteiger partial charge on any atom is 0.144 e. The van der Waals surface area contributed by atoms with Crippen LogP contribution < -0.4 is 5.32 Å². The fourth-order valence-corrected chi connectivity index (χ4v) is 4.17. The van der Waals surface area contributed by atoms with Gasteiger partial charge < -0.3 is 10.1 Å². The van der Waals surface area contributed by atoms with Crippen LogP contribution in [0.4, 0.5) is 5.82 Å². The van der Waals surface area contributed by atoms with Crippen molar-refractivity contribution in [3.05, 3.63) is 16.0 Å². The van der Waals surface area contributed by atoms with Gasteiger partial charge in [-0.1, -0.05) is 20.8 Å². The first kappa shape index (κ1) is 14.3. The molecular weight excluding hydrogens is 318 g/mol. The molecule has 3 heterocycles. The Morgan fingerprint density at radius 3 is 2.50 bits per heavy atom. The summed E-state index contributed by atoms with van der Waals surface area (Å²) >= 11 is 3.64. The number of anilines is 1. The molecule has 0 saturated carbocycles. The monoisotopic (exact) mass is 339 g/mol. The fourth-order valence-electron chi connectivity index (χ4n) is 3.20. The number of fused-ring (bicyclic) bond motifs is 2. The van der Waals surface area contributed by atoms with Crippen LogP contribution in [0.25, 0.3) is 0 Å². The number of nitrogens with one attached hydrogen (secondary N) is 1. The molecule has 2 saturated heterocycles. The summed E-state index contributed by atoms with van der Waals surface area (Å²) in [5.41, 5.74) is 1.05. The average molecular weight is 340 g/mol. The van der Waals surface area contributed by atoms with Gasteiger partial charge in [0.15, 0.2) is 0 Å². The molecule has 20 heavy (non-hydrogen) atoms. The molecule has 3 rings (SSSR count). The molecule has 4 nitrogen and oxygen atoms in total. The largest absolute Gasteiger partial charge is 0.374 e. The van der Waals surface area contributed by atoms with E-state index in [0.29, 0.717) is 18.1 Å². The molecule has 0 aliphatic carbocycles. The van der Waals surface area contributed by atoms with Crippen molar-refractivity contribution in [2.75, 3.05) is 12.4 Å². The molecule has 0 spiro atoms. The van der Waals surface area contributed by atoms with Crippen LogP contribution >= 0.6 is 15.9 Å². The lowest BCUT2D eigenvalue weighted by molar-refractivity contribution is 0.0998. The first-order valence-corrected chi connectivity index (χ1v) is 8.10. The number of aromatic nitrogens is 2.